The van der Waals surface area contributed by atoms with E-state index in [9.17, 15) is 4.79 Å². The lowest BCUT2D eigenvalue weighted by Crippen LogP contribution is -2.23. The average molecular weight is 352 g/mol. The van der Waals surface area contributed by atoms with Crippen LogP contribution in [0.5, 0.6) is 5.88 Å². The molecule has 0 fully saturated rings. The molecule has 7 heteroatoms. The van der Waals surface area contributed by atoms with Gasteiger partial charge in [0.15, 0.2) is 6.04 Å². The van der Waals surface area contributed by atoms with Crippen LogP contribution in [-0.2, 0) is 9.53 Å². The quantitative estimate of drug-likeness (QED) is 0.834. The first-order chi connectivity index (χ1) is 10.2. The zero-order valence-electron chi connectivity index (χ0n) is 11.5. The fourth-order valence-electron chi connectivity index (χ4n) is 1.73. The molecule has 0 aliphatic rings. The number of anilines is 1. The summed E-state index contributed by atoms with van der Waals surface area (Å²) in [5.74, 6) is 0.227. The van der Waals surface area contributed by atoms with Crippen LogP contribution in [0.4, 0.5) is 5.95 Å². The average Bonchev–Trinajstić information content (AvgIpc) is 2.54. The third kappa shape index (κ3) is 3.69. The maximum Gasteiger partial charge on any atom is 0.333 e. The summed E-state index contributed by atoms with van der Waals surface area (Å²) in [6, 6.07) is 8.51. The van der Waals surface area contributed by atoms with Gasteiger partial charge in [-0.3, -0.25) is 0 Å². The Morgan fingerprint density at radius 2 is 2.00 bits per heavy atom. The Balaban J connectivity index is 2.29. The van der Waals surface area contributed by atoms with Gasteiger partial charge in [-0.15, -0.1) is 0 Å². The largest absolute Gasteiger partial charge is 0.480 e. The van der Waals surface area contributed by atoms with Crippen molar-refractivity contribution in [3.05, 3.63) is 46.6 Å². The van der Waals surface area contributed by atoms with Gasteiger partial charge in [-0.1, -0.05) is 30.3 Å². The van der Waals surface area contributed by atoms with E-state index in [1.807, 2.05) is 30.3 Å². The molecule has 0 spiro atoms. The summed E-state index contributed by atoms with van der Waals surface area (Å²) in [5.41, 5.74) is 0.759. The Morgan fingerprint density at radius 1 is 1.29 bits per heavy atom. The van der Waals surface area contributed by atoms with Crippen molar-refractivity contribution < 1.29 is 14.3 Å². The van der Waals surface area contributed by atoms with Gasteiger partial charge in [0.1, 0.15) is 0 Å². The second-order valence-corrected chi connectivity index (χ2v) is 4.92. The molecule has 1 aromatic carbocycles. The Bertz CT molecular complexity index is 622. The smallest absolute Gasteiger partial charge is 0.333 e. The van der Waals surface area contributed by atoms with Gasteiger partial charge in [-0.2, -0.15) is 4.98 Å². The molecule has 21 heavy (non-hydrogen) atoms. The molecule has 2 rings (SSSR count). The zero-order chi connectivity index (χ0) is 15.2. The number of benzene rings is 1. The molecule has 0 amide bonds. The zero-order valence-corrected chi connectivity index (χ0v) is 13.1. The van der Waals surface area contributed by atoms with Gasteiger partial charge >= 0.3 is 5.97 Å². The van der Waals surface area contributed by atoms with E-state index < -0.39 is 12.0 Å². The third-order valence-electron chi connectivity index (χ3n) is 2.75. The highest BCUT2D eigenvalue weighted by atomic mass is 79.9. The van der Waals surface area contributed by atoms with Crippen LogP contribution in [0.3, 0.4) is 0 Å². The van der Waals surface area contributed by atoms with Crippen molar-refractivity contribution >= 4 is 27.8 Å². The molecule has 0 aliphatic carbocycles. The third-order valence-corrected chi connectivity index (χ3v) is 3.29. The lowest BCUT2D eigenvalue weighted by molar-refractivity contribution is -0.141. The van der Waals surface area contributed by atoms with Crippen molar-refractivity contribution in [2.75, 3.05) is 19.5 Å². The maximum atomic E-state index is 12.0. The van der Waals surface area contributed by atoms with Crippen LogP contribution in [0.25, 0.3) is 0 Å². The number of hydrogen-bond donors (Lipinski definition) is 1. The van der Waals surface area contributed by atoms with E-state index in [1.54, 1.807) is 6.20 Å². The number of halogens is 1. The first kappa shape index (κ1) is 15.2. The van der Waals surface area contributed by atoms with Gasteiger partial charge in [0.05, 0.1) is 24.9 Å². The summed E-state index contributed by atoms with van der Waals surface area (Å²) in [6.45, 7) is 0. The van der Waals surface area contributed by atoms with Crippen LogP contribution in [0.15, 0.2) is 41.0 Å². The van der Waals surface area contributed by atoms with E-state index in [4.69, 9.17) is 9.47 Å². The van der Waals surface area contributed by atoms with E-state index in [-0.39, 0.29) is 5.95 Å². The Kier molecular flexibility index (Phi) is 5.10. The highest BCUT2D eigenvalue weighted by molar-refractivity contribution is 9.10. The van der Waals surface area contributed by atoms with Crippen molar-refractivity contribution in [1.29, 1.82) is 0 Å². The van der Waals surface area contributed by atoms with E-state index >= 15 is 0 Å². The molecule has 1 heterocycles. The van der Waals surface area contributed by atoms with Gasteiger partial charge in [-0.25, -0.2) is 9.78 Å². The van der Waals surface area contributed by atoms with Crippen LogP contribution in [0.2, 0.25) is 0 Å². The number of nitrogens with zero attached hydrogens (tertiary/aromatic N) is 2. The van der Waals surface area contributed by atoms with Gasteiger partial charge in [-0.05, 0) is 21.5 Å². The standard InChI is InChI=1S/C14H14BrN3O3/c1-20-12-10(15)8-16-14(18-12)17-11(13(19)21-2)9-6-4-3-5-7-9/h3-8,11H,1-2H3,(H,16,17,18). The molecular weight excluding hydrogens is 338 g/mol. The van der Waals surface area contributed by atoms with Gasteiger partial charge < -0.3 is 14.8 Å². The molecule has 0 aliphatic heterocycles. The van der Waals surface area contributed by atoms with E-state index in [2.05, 4.69) is 31.2 Å². The fraction of sp³-hybridized carbons (Fsp3) is 0.214. The predicted molar refractivity (Wildman–Crippen MR) is 81.1 cm³/mol. The van der Waals surface area contributed by atoms with Crippen molar-refractivity contribution in [3.8, 4) is 5.88 Å². The second kappa shape index (κ2) is 7.03. The molecule has 0 radical (unpaired) electrons. The number of aromatic nitrogens is 2. The van der Waals surface area contributed by atoms with Crippen molar-refractivity contribution in [2.45, 2.75) is 6.04 Å². The van der Waals surface area contributed by atoms with Crippen molar-refractivity contribution in [1.82, 2.24) is 9.97 Å². The summed E-state index contributed by atoms with van der Waals surface area (Å²) in [6.07, 6.45) is 1.55. The highest BCUT2D eigenvalue weighted by Gasteiger charge is 2.22. The van der Waals surface area contributed by atoms with Gasteiger partial charge in [0.25, 0.3) is 0 Å². The molecule has 1 N–H and O–H groups in total. The molecule has 1 atom stereocenters. The lowest BCUT2D eigenvalue weighted by Gasteiger charge is -2.17. The summed E-state index contributed by atoms with van der Waals surface area (Å²) in [7, 11) is 2.84. The van der Waals surface area contributed by atoms with E-state index in [0.717, 1.165) is 5.56 Å². The molecule has 0 bridgehead atoms. The number of carbonyl (C=O) groups is 1. The molecule has 1 unspecified atom stereocenters. The molecule has 110 valence electrons. The SMILES string of the molecule is COC(=O)C(Nc1ncc(Br)c(OC)n1)c1ccccc1. The fourth-order valence-corrected chi connectivity index (χ4v) is 2.09. The monoisotopic (exact) mass is 351 g/mol. The Labute approximate surface area is 130 Å². The van der Waals surface area contributed by atoms with Crippen molar-refractivity contribution in [3.63, 3.8) is 0 Å². The number of nitrogens with one attached hydrogen (secondary N) is 1. The second-order valence-electron chi connectivity index (χ2n) is 4.06. The van der Waals surface area contributed by atoms with Crippen LogP contribution in [0, 0.1) is 0 Å². The van der Waals surface area contributed by atoms with Gasteiger partial charge in [0.2, 0.25) is 11.8 Å². The summed E-state index contributed by atoms with van der Waals surface area (Å²) >= 11 is 3.27. The minimum atomic E-state index is -0.693. The number of hydrogen-bond acceptors (Lipinski definition) is 6. The lowest BCUT2D eigenvalue weighted by atomic mass is 10.1. The molecule has 6 nitrogen and oxygen atoms in total. The van der Waals surface area contributed by atoms with Gasteiger partial charge in [0, 0.05) is 0 Å². The summed E-state index contributed by atoms with van der Waals surface area (Å²) in [4.78, 5) is 20.2. The molecule has 1 aromatic heterocycles. The number of methoxy groups -OCH3 is 2. The van der Waals surface area contributed by atoms with Crippen LogP contribution < -0.4 is 10.1 Å². The predicted octanol–water partition coefficient (Wildman–Crippen LogP) is 2.57. The topological polar surface area (TPSA) is 73.3 Å². The first-order valence-electron chi connectivity index (χ1n) is 6.11. The van der Waals surface area contributed by atoms with Crippen LogP contribution >= 0.6 is 15.9 Å². The minimum absolute atomic E-state index is 0.273. The minimum Gasteiger partial charge on any atom is -0.480 e. The Hall–Kier alpha value is -2.15. The highest BCUT2D eigenvalue weighted by Crippen LogP contribution is 2.24. The number of rotatable bonds is 5. The normalized spacial score (nSPS) is 11.6. The molecule has 0 saturated carbocycles. The summed E-state index contributed by atoms with van der Waals surface area (Å²) in [5, 5.41) is 2.95. The van der Waals surface area contributed by atoms with E-state index in [0.29, 0.717) is 10.4 Å². The molecule has 2 aromatic rings. The number of ether oxygens (including phenoxy) is 2. The molecule has 0 saturated heterocycles. The van der Waals surface area contributed by atoms with Crippen LogP contribution in [0.1, 0.15) is 11.6 Å². The Morgan fingerprint density at radius 3 is 2.62 bits per heavy atom. The van der Waals surface area contributed by atoms with E-state index in [1.165, 1.54) is 14.2 Å². The van der Waals surface area contributed by atoms with Crippen molar-refractivity contribution in [2.24, 2.45) is 0 Å². The number of carbonyl (C=O) groups excluding carboxylic acids is 1. The summed E-state index contributed by atoms with van der Waals surface area (Å²) < 4.78 is 10.6. The number of esters is 1. The van der Waals surface area contributed by atoms with Crippen LogP contribution in [-0.4, -0.2) is 30.2 Å². The molecular formula is C14H14BrN3O3. The first-order valence-corrected chi connectivity index (χ1v) is 6.91. The maximum absolute atomic E-state index is 12.0.